The number of ether oxygens (including phenoxy) is 1. The summed E-state index contributed by atoms with van der Waals surface area (Å²) in [5.74, 6) is -0.149. The van der Waals surface area contributed by atoms with Gasteiger partial charge in [0.05, 0.1) is 13.0 Å². The molecule has 1 aromatic carbocycles. The molecular weight excluding hydrogens is 256 g/mol. The van der Waals surface area contributed by atoms with Crippen LogP contribution in [0.3, 0.4) is 0 Å². The molecule has 0 spiro atoms. The predicted octanol–water partition coefficient (Wildman–Crippen LogP) is 1.53. The highest BCUT2D eigenvalue weighted by Crippen LogP contribution is 2.32. The number of benzene rings is 1. The molecule has 1 unspecified atom stereocenters. The van der Waals surface area contributed by atoms with E-state index in [0.717, 1.165) is 24.1 Å². The van der Waals surface area contributed by atoms with Crippen LogP contribution in [0, 0.1) is 0 Å². The number of hydrogen-bond acceptors (Lipinski definition) is 4. The summed E-state index contributed by atoms with van der Waals surface area (Å²) in [6.45, 7) is 0.477. The van der Waals surface area contributed by atoms with Gasteiger partial charge in [0.25, 0.3) is 5.91 Å². The summed E-state index contributed by atoms with van der Waals surface area (Å²) in [5, 5.41) is 3.20. The molecule has 106 valence electrons. The second-order valence-electron chi connectivity index (χ2n) is 5.32. The van der Waals surface area contributed by atoms with Crippen LogP contribution in [0.15, 0.2) is 24.3 Å². The van der Waals surface area contributed by atoms with Gasteiger partial charge in [-0.1, -0.05) is 18.2 Å². The molecule has 1 N–H and O–H groups in total. The highest BCUT2D eigenvalue weighted by Gasteiger charge is 2.46. The number of hydrogen-bond donors (Lipinski definition) is 1. The summed E-state index contributed by atoms with van der Waals surface area (Å²) < 4.78 is 5.15. The molecule has 1 aliphatic heterocycles. The Bertz CT molecular complexity index is 540. The highest BCUT2D eigenvalue weighted by molar-refractivity contribution is 6.07. The predicted molar refractivity (Wildman–Crippen MR) is 74.1 cm³/mol. The minimum absolute atomic E-state index is 0.0563. The van der Waals surface area contributed by atoms with Gasteiger partial charge in [-0.05, 0) is 18.9 Å². The largest absolute Gasteiger partial charge is 0.380 e. The summed E-state index contributed by atoms with van der Waals surface area (Å²) in [5.41, 5.74) is 1.85. The van der Waals surface area contributed by atoms with Gasteiger partial charge in [-0.2, -0.15) is 0 Å². The minimum atomic E-state index is -0.443. The lowest BCUT2D eigenvalue weighted by molar-refractivity contribution is -0.139. The number of methoxy groups -OCH3 is 1. The number of imide groups is 1. The molecule has 1 saturated carbocycles. The number of nitrogens with zero attached hydrogens (tertiary/aromatic N) is 1. The molecule has 20 heavy (non-hydrogen) atoms. The van der Waals surface area contributed by atoms with Gasteiger partial charge in [0.1, 0.15) is 6.04 Å². The Hall–Kier alpha value is -1.88. The normalized spacial score (nSPS) is 22.4. The third-order valence-electron chi connectivity index (χ3n) is 3.74. The van der Waals surface area contributed by atoms with Crippen LogP contribution in [0.2, 0.25) is 0 Å². The van der Waals surface area contributed by atoms with E-state index in [1.807, 2.05) is 24.3 Å². The van der Waals surface area contributed by atoms with E-state index in [1.165, 1.54) is 4.90 Å². The van der Waals surface area contributed by atoms with Crippen LogP contribution in [-0.4, -0.2) is 35.9 Å². The monoisotopic (exact) mass is 274 g/mol. The van der Waals surface area contributed by atoms with E-state index in [-0.39, 0.29) is 24.3 Å². The van der Waals surface area contributed by atoms with Crippen molar-refractivity contribution in [3.63, 3.8) is 0 Å². The topological polar surface area (TPSA) is 58.6 Å². The van der Waals surface area contributed by atoms with Crippen LogP contribution >= 0.6 is 0 Å². The van der Waals surface area contributed by atoms with Crippen molar-refractivity contribution >= 4 is 17.5 Å². The first-order chi connectivity index (χ1) is 9.70. The molecule has 5 heteroatoms. The maximum absolute atomic E-state index is 12.3. The van der Waals surface area contributed by atoms with Gasteiger partial charge >= 0.3 is 0 Å². The Balaban J connectivity index is 1.75. The molecule has 2 aliphatic rings. The third-order valence-corrected chi connectivity index (χ3v) is 3.74. The summed E-state index contributed by atoms with van der Waals surface area (Å²) in [6, 6.07) is 7.40. The van der Waals surface area contributed by atoms with Gasteiger partial charge in [-0.25, -0.2) is 0 Å². The van der Waals surface area contributed by atoms with Crippen molar-refractivity contribution in [1.29, 1.82) is 0 Å². The summed E-state index contributed by atoms with van der Waals surface area (Å²) >= 11 is 0. The van der Waals surface area contributed by atoms with Crippen LogP contribution in [0.4, 0.5) is 5.69 Å². The van der Waals surface area contributed by atoms with Crippen LogP contribution < -0.4 is 5.32 Å². The molecule has 2 fully saturated rings. The molecule has 0 aromatic heterocycles. The van der Waals surface area contributed by atoms with Gasteiger partial charge in [-0.3, -0.25) is 14.5 Å². The standard InChI is InChI=1S/C15H18N2O3/c1-20-9-10-4-2-3-5-12(10)16-13-8-14(18)17(15(13)19)11-6-7-11/h2-5,11,13,16H,6-9H2,1H3. The van der Waals surface area contributed by atoms with Crippen LogP contribution in [-0.2, 0) is 20.9 Å². The molecule has 1 saturated heterocycles. The molecule has 0 radical (unpaired) electrons. The molecule has 5 nitrogen and oxygen atoms in total. The first kappa shape index (κ1) is 13.1. The summed E-state index contributed by atoms with van der Waals surface area (Å²) in [6.07, 6.45) is 2.14. The van der Waals surface area contributed by atoms with Crippen molar-refractivity contribution in [2.24, 2.45) is 0 Å². The van der Waals surface area contributed by atoms with Crippen LogP contribution in [0.1, 0.15) is 24.8 Å². The number of amides is 2. The SMILES string of the molecule is COCc1ccccc1NC1CC(=O)N(C2CC2)C1=O. The molecule has 3 rings (SSSR count). The summed E-state index contributed by atoms with van der Waals surface area (Å²) in [7, 11) is 1.63. The number of rotatable bonds is 5. The molecule has 1 atom stereocenters. The lowest BCUT2D eigenvalue weighted by Gasteiger charge is -2.17. The average molecular weight is 274 g/mol. The molecule has 0 bridgehead atoms. The van der Waals surface area contributed by atoms with E-state index in [1.54, 1.807) is 7.11 Å². The average Bonchev–Trinajstić information content (AvgIpc) is 3.21. The molecule has 1 heterocycles. The Labute approximate surface area is 117 Å². The lowest BCUT2D eigenvalue weighted by atomic mass is 10.1. The molecule has 2 amide bonds. The third kappa shape index (κ3) is 2.41. The van der Waals surface area contributed by atoms with Crippen LogP contribution in [0.25, 0.3) is 0 Å². The van der Waals surface area contributed by atoms with E-state index >= 15 is 0 Å². The maximum atomic E-state index is 12.3. The highest BCUT2D eigenvalue weighted by atomic mass is 16.5. The number of para-hydroxylation sites is 1. The van der Waals surface area contributed by atoms with Crippen molar-refractivity contribution in [1.82, 2.24) is 4.90 Å². The Kier molecular flexibility index (Phi) is 3.44. The number of nitrogens with one attached hydrogen (secondary N) is 1. The molecule has 1 aromatic rings. The van der Waals surface area contributed by atoms with Gasteiger partial charge in [0, 0.05) is 24.4 Å². The second kappa shape index (κ2) is 5.25. The molecule has 1 aliphatic carbocycles. The zero-order chi connectivity index (χ0) is 14.1. The fourth-order valence-corrected chi connectivity index (χ4v) is 2.61. The van der Waals surface area contributed by atoms with Gasteiger partial charge < -0.3 is 10.1 Å². The minimum Gasteiger partial charge on any atom is -0.380 e. The quantitative estimate of drug-likeness (QED) is 0.827. The first-order valence-corrected chi connectivity index (χ1v) is 6.90. The van der Waals surface area contributed by atoms with Crippen molar-refractivity contribution in [2.75, 3.05) is 12.4 Å². The van der Waals surface area contributed by atoms with Crippen molar-refractivity contribution < 1.29 is 14.3 Å². The van der Waals surface area contributed by atoms with Crippen molar-refractivity contribution in [3.8, 4) is 0 Å². The van der Waals surface area contributed by atoms with E-state index in [2.05, 4.69) is 5.32 Å². The lowest BCUT2D eigenvalue weighted by Crippen LogP contribution is -2.36. The maximum Gasteiger partial charge on any atom is 0.252 e. The second-order valence-corrected chi connectivity index (χ2v) is 5.32. The van der Waals surface area contributed by atoms with E-state index in [0.29, 0.717) is 6.61 Å². The number of anilines is 1. The smallest absolute Gasteiger partial charge is 0.252 e. The fraction of sp³-hybridized carbons (Fsp3) is 0.467. The van der Waals surface area contributed by atoms with Gasteiger partial charge in [0.15, 0.2) is 0 Å². The van der Waals surface area contributed by atoms with E-state index in [9.17, 15) is 9.59 Å². The van der Waals surface area contributed by atoms with E-state index < -0.39 is 6.04 Å². The molecular formula is C15H18N2O3. The zero-order valence-corrected chi connectivity index (χ0v) is 11.5. The number of carbonyl (C=O) groups excluding carboxylic acids is 2. The van der Waals surface area contributed by atoms with Crippen molar-refractivity contribution in [2.45, 2.75) is 38.0 Å². The van der Waals surface area contributed by atoms with Gasteiger partial charge in [0.2, 0.25) is 5.91 Å². The zero-order valence-electron chi connectivity index (χ0n) is 11.5. The number of carbonyl (C=O) groups is 2. The fourth-order valence-electron chi connectivity index (χ4n) is 2.61. The van der Waals surface area contributed by atoms with Crippen molar-refractivity contribution in [3.05, 3.63) is 29.8 Å². The van der Waals surface area contributed by atoms with Gasteiger partial charge in [-0.15, -0.1) is 0 Å². The number of likely N-dealkylation sites (tertiary alicyclic amines) is 1. The summed E-state index contributed by atoms with van der Waals surface area (Å²) in [4.78, 5) is 25.6. The Morgan fingerprint density at radius 1 is 1.30 bits per heavy atom. The Morgan fingerprint density at radius 2 is 2.05 bits per heavy atom. The first-order valence-electron chi connectivity index (χ1n) is 6.90. The van der Waals surface area contributed by atoms with E-state index in [4.69, 9.17) is 4.74 Å². The van der Waals surface area contributed by atoms with Crippen LogP contribution in [0.5, 0.6) is 0 Å². The Morgan fingerprint density at radius 3 is 2.75 bits per heavy atom.